The largest absolute Gasteiger partial charge is 0.463 e. The molecule has 0 atom stereocenters. The van der Waals surface area contributed by atoms with Crippen LogP contribution in [0.2, 0.25) is 0 Å². The molecule has 0 aromatic carbocycles. The number of carbonyl (C=O) groups is 1. The molecule has 0 unspecified atom stereocenters. The standard InChI is InChI=1S/C10H10N2O2S/c1-6-8(7-4-3-5-15-7)12-9(11-6)10(13)14-2/h3-5H,1-2H3,(H,11,12). The summed E-state index contributed by atoms with van der Waals surface area (Å²) in [6.07, 6.45) is 0. The molecule has 4 nitrogen and oxygen atoms in total. The van der Waals surface area contributed by atoms with E-state index in [4.69, 9.17) is 0 Å². The number of H-pyrrole nitrogens is 1. The molecule has 0 saturated carbocycles. The number of aromatic amines is 1. The van der Waals surface area contributed by atoms with Crippen LogP contribution in [0.15, 0.2) is 17.5 Å². The summed E-state index contributed by atoms with van der Waals surface area (Å²) in [5.74, 6) is -0.195. The van der Waals surface area contributed by atoms with E-state index in [1.165, 1.54) is 7.11 Å². The fourth-order valence-electron chi connectivity index (χ4n) is 1.31. The molecule has 0 aliphatic rings. The van der Waals surface area contributed by atoms with Gasteiger partial charge in [-0.1, -0.05) is 6.07 Å². The molecule has 2 aromatic heterocycles. The van der Waals surface area contributed by atoms with E-state index < -0.39 is 5.97 Å². The van der Waals surface area contributed by atoms with E-state index in [-0.39, 0.29) is 5.82 Å². The van der Waals surface area contributed by atoms with Crippen molar-refractivity contribution in [3.05, 3.63) is 29.0 Å². The number of thiophene rings is 1. The van der Waals surface area contributed by atoms with Crippen LogP contribution in [0.4, 0.5) is 0 Å². The van der Waals surface area contributed by atoms with Crippen molar-refractivity contribution in [3.63, 3.8) is 0 Å². The van der Waals surface area contributed by atoms with Crippen molar-refractivity contribution in [3.8, 4) is 10.6 Å². The lowest BCUT2D eigenvalue weighted by molar-refractivity contribution is 0.0588. The Morgan fingerprint density at radius 1 is 1.60 bits per heavy atom. The molecule has 2 rings (SSSR count). The Kier molecular flexibility index (Phi) is 2.55. The Hall–Kier alpha value is -1.62. The summed E-state index contributed by atoms with van der Waals surface area (Å²) in [6.45, 7) is 1.88. The summed E-state index contributed by atoms with van der Waals surface area (Å²) < 4.78 is 4.59. The van der Waals surface area contributed by atoms with Crippen molar-refractivity contribution >= 4 is 17.3 Å². The summed E-state index contributed by atoms with van der Waals surface area (Å²) in [5.41, 5.74) is 1.68. The number of methoxy groups -OCH3 is 1. The zero-order chi connectivity index (χ0) is 10.8. The molecular formula is C10H10N2O2S. The number of nitrogens with zero attached hydrogens (tertiary/aromatic N) is 1. The minimum Gasteiger partial charge on any atom is -0.463 e. The van der Waals surface area contributed by atoms with Gasteiger partial charge in [-0.3, -0.25) is 0 Å². The maximum absolute atomic E-state index is 11.2. The molecule has 0 radical (unpaired) electrons. The normalized spacial score (nSPS) is 10.3. The van der Waals surface area contributed by atoms with E-state index in [9.17, 15) is 4.79 Å². The third kappa shape index (κ3) is 1.78. The summed E-state index contributed by atoms with van der Waals surface area (Å²) in [4.78, 5) is 19.4. The van der Waals surface area contributed by atoms with Gasteiger partial charge in [0.25, 0.3) is 0 Å². The molecule has 0 aliphatic heterocycles. The highest BCUT2D eigenvalue weighted by atomic mass is 32.1. The van der Waals surface area contributed by atoms with Gasteiger partial charge in [-0.2, -0.15) is 0 Å². The molecule has 78 valence electrons. The van der Waals surface area contributed by atoms with Crippen molar-refractivity contribution in [2.75, 3.05) is 7.11 Å². The third-order valence-corrected chi connectivity index (χ3v) is 2.89. The van der Waals surface area contributed by atoms with E-state index in [0.717, 1.165) is 16.3 Å². The van der Waals surface area contributed by atoms with Gasteiger partial charge in [-0.25, -0.2) is 9.78 Å². The van der Waals surface area contributed by atoms with Gasteiger partial charge in [0.2, 0.25) is 5.82 Å². The second kappa shape index (κ2) is 3.86. The molecule has 0 bridgehead atoms. The monoisotopic (exact) mass is 222 g/mol. The fourth-order valence-corrected chi connectivity index (χ4v) is 2.08. The molecule has 5 heteroatoms. The first-order valence-corrected chi connectivity index (χ1v) is 5.29. The minimum atomic E-state index is -0.444. The molecule has 2 aromatic rings. The molecule has 0 spiro atoms. The van der Waals surface area contributed by atoms with Crippen LogP contribution in [0, 0.1) is 6.92 Å². The number of carbonyl (C=O) groups excluding carboxylic acids is 1. The number of aromatic nitrogens is 2. The molecule has 2 heterocycles. The first-order chi connectivity index (χ1) is 7.22. The van der Waals surface area contributed by atoms with E-state index >= 15 is 0 Å². The number of imidazole rings is 1. The highest BCUT2D eigenvalue weighted by Crippen LogP contribution is 2.25. The molecule has 0 aliphatic carbocycles. The predicted octanol–water partition coefficient (Wildman–Crippen LogP) is 2.23. The first kappa shape index (κ1) is 9.92. The predicted molar refractivity (Wildman–Crippen MR) is 58.0 cm³/mol. The lowest BCUT2D eigenvalue weighted by atomic mass is 10.3. The number of rotatable bonds is 2. The Morgan fingerprint density at radius 3 is 3.00 bits per heavy atom. The van der Waals surface area contributed by atoms with Crippen LogP contribution in [-0.2, 0) is 4.74 Å². The molecule has 0 fully saturated rings. The zero-order valence-corrected chi connectivity index (χ0v) is 9.22. The highest BCUT2D eigenvalue weighted by molar-refractivity contribution is 7.13. The Balaban J connectivity index is 2.42. The van der Waals surface area contributed by atoms with Gasteiger partial charge in [0, 0.05) is 5.69 Å². The van der Waals surface area contributed by atoms with E-state index in [1.807, 2.05) is 24.4 Å². The van der Waals surface area contributed by atoms with Gasteiger partial charge < -0.3 is 9.72 Å². The summed E-state index contributed by atoms with van der Waals surface area (Å²) in [6, 6.07) is 3.92. The van der Waals surface area contributed by atoms with Crippen LogP contribution in [-0.4, -0.2) is 23.0 Å². The molecular weight excluding hydrogens is 212 g/mol. The lowest BCUT2D eigenvalue weighted by Gasteiger charge is -1.91. The third-order valence-electron chi connectivity index (χ3n) is 2.02. The van der Waals surface area contributed by atoms with Crippen molar-refractivity contribution in [2.24, 2.45) is 0 Å². The SMILES string of the molecule is COC(=O)c1nc(-c2cccs2)c(C)[nH]1. The Morgan fingerprint density at radius 2 is 2.40 bits per heavy atom. The second-order valence-electron chi connectivity index (χ2n) is 3.03. The van der Waals surface area contributed by atoms with Crippen LogP contribution >= 0.6 is 11.3 Å². The minimum absolute atomic E-state index is 0.249. The van der Waals surface area contributed by atoms with Gasteiger partial charge >= 0.3 is 5.97 Å². The van der Waals surface area contributed by atoms with Crippen LogP contribution in [0.1, 0.15) is 16.3 Å². The molecule has 0 saturated heterocycles. The summed E-state index contributed by atoms with van der Waals surface area (Å²) >= 11 is 1.59. The molecule has 1 N–H and O–H groups in total. The molecule has 0 amide bonds. The van der Waals surface area contributed by atoms with Crippen LogP contribution in [0.25, 0.3) is 10.6 Å². The maximum atomic E-state index is 11.2. The number of hydrogen-bond donors (Lipinski definition) is 1. The van der Waals surface area contributed by atoms with E-state index in [0.29, 0.717) is 0 Å². The molecule has 15 heavy (non-hydrogen) atoms. The Bertz CT molecular complexity index is 474. The summed E-state index contributed by atoms with van der Waals surface area (Å²) in [5, 5.41) is 1.97. The average Bonchev–Trinajstić information content (AvgIpc) is 2.84. The van der Waals surface area contributed by atoms with Gasteiger partial charge in [-0.05, 0) is 18.4 Å². The van der Waals surface area contributed by atoms with Crippen molar-refractivity contribution in [1.82, 2.24) is 9.97 Å². The highest BCUT2D eigenvalue weighted by Gasteiger charge is 2.15. The fraction of sp³-hybridized carbons (Fsp3) is 0.200. The average molecular weight is 222 g/mol. The van der Waals surface area contributed by atoms with Crippen LogP contribution < -0.4 is 0 Å². The maximum Gasteiger partial charge on any atom is 0.374 e. The summed E-state index contributed by atoms with van der Waals surface area (Å²) in [7, 11) is 1.34. The number of esters is 1. The van der Waals surface area contributed by atoms with Gasteiger partial charge in [-0.15, -0.1) is 11.3 Å². The number of aryl methyl sites for hydroxylation is 1. The number of nitrogens with one attached hydrogen (secondary N) is 1. The van der Waals surface area contributed by atoms with Gasteiger partial charge in [0.05, 0.1) is 12.0 Å². The van der Waals surface area contributed by atoms with E-state index in [1.54, 1.807) is 11.3 Å². The van der Waals surface area contributed by atoms with Crippen LogP contribution in [0.5, 0.6) is 0 Å². The van der Waals surface area contributed by atoms with Gasteiger partial charge in [0.15, 0.2) is 0 Å². The topological polar surface area (TPSA) is 55.0 Å². The number of ether oxygens (including phenoxy) is 1. The number of hydrogen-bond acceptors (Lipinski definition) is 4. The Labute approximate surface area is 90.9 Å². The first-order valence-electron chi connectivity index (χ1n) is 4.41. The smallest absolute Gasteiger partial charge is 0.374 e. The zero-order valence-electron chi connectivity index (χ0n) is 8.40. The van der Waals surface area contributed by atoms with Crippen LogP contribution in [0.3, 0.4) is 0 Å². The lowest BCUT2D eigenvalue weighted by Crippen LogP contribution is -2.03. The van der Waals surface area contributed by atoms with Crippen molar-refractivity contribution in [1.29, 1.82) is 0 Å². The van der Waals surface area contributed by atoms with Crippen molar-refractivity contribution in [2.45, 2.75) is 6.92 Å². The second-order valence-corrected chi connectivity index (χ2v) is 3.98. The quantitative estimate of drug-likeness (QED) is 0.793. The van der Waals surface area contributed by atoms with Crippen molar-refractivity contribution < 1.29 is 9.53 Å². The van der Waals surface area contributed by atoms with E-state index in [2.05, 4.69) is 14.7 Å². The van der Waals surface area contributed by atoms with Gasteiger partial charge in [0.1, 0.15) is 5.69 Å².